The molecule has 3 heteroatoms. The van der Waals surface area contributed by atoms with E-state index in [1.54, 1.807) is 0 Å². The van der Waals surface area contributed by atoms with E-state index in [1.165, 1.54) is 5.56 Å². The molecule has 1 aliphatic rings. The topological polar surface area (TPSA) is 35.2 Å². The van der Waals surface area contributed by atoms with Gasteiger partial charge in [-0.1, -0.05) is 36.4 Å². The minimum Gasteiger partial charge on any atom is -0.457 e. The van der Waals surface area contributed by atoms with E-state index in [9.17, 15) is 0 Å². The first kappa shape index (κ1) is 12.0. The Bertz CT molecular complexity index is 527. The van der Waals surface area contributed by atoms with Crippen LogP contribution in [0.5, 0.6) is 11.5 Å². The molecule has 0 radical (unpaired) electrons. The summed E-state index contributed by atoms with van der Waals surface area (Å²) in [5.41, 5.74) is 8.44. The quantitative estimate of drug-likeness (QED) is 0.774. The number of hydrogen-bond acceptors (Lipinski definition) is 2. The van der Waals surface area contributed by atoms with Crippen molar-refractivity contribution in [1.82, 2.24) is 0 Å². The highest BCUT2D eigenvalue weighted by Crippen LogP contribution is 2.36. The third kappa shape index (κ3) is 2.14. The number of nitrogens with two attached hydrogens (primary N) is 1. The average Bonchev–Trinajstić information content (AvgIpc) is 2.45. The fraction of sp³-hybridized carbons (Fsp3) is 0.143. The second kappa shape index (κ2) is 4.78. The van der Waals surface area contributed by atoms with Gasteiger partial charge in [0.25, 0.3) is 0 Å². The van der Waals surface area contributed by atoms with E-state index < -0.39 is 0 Å². The number of halogens is 1. The number of hydrogen-bond donors (Lipinski definition) is 1. The smallest absolute Gasteiger partial charge is 0.132 e. The summed E-state index contributed by atoms with van der Waals surface area (Å²) in [6.45, 7) is 0. The van der Waals surface area contributed by atoms with E-state index in [4.69, 9.17) is 10.5 Å². The van der Waals surface area contributed by atoms with E-state index in [0.29, 0.717) is 0 Å². The van der Waals surface area contributed by atoms with Crippen LogP contribution in [0.4, 0.5) is 0 Å². The molecule has 0 aromatic heterocycles. The van der Waals surface area contributed by atoms with Gasteiger partial charge in [-0.2, -0.15) is 0 Å². The molecular weight excluding hydrogens is 234 g/mol. The van der Waals surface area contributed by atoms with Crippen molar-refractivity contribution in [3.8, 4) is 11.5 Å². The van der Waals surface area contributed by atoms with Crippen molar-refractivity contribution in [2.45, 2.75) is 12.5 Å². The van der Waals surface area contributed by atoms with Crippen molar-refractivity contribution in [3.05, 3.63) is 59.7 Å². The van der Waals surface area contributed by atoms with Crippen molar-refractivity contribution >= 4 is 12.4 Å². The number of para-hydroxylation sites is 2. The fourth-order valence-electron chi connectivity index (χ4n) is 2.12. The highest BCUT2D eigenvalue weighted by Gasteiger charge is 2.19. The van der Waals surface area contributed by atoms with Crippen LogP contribution in [-0.4, -0.2) is 0 Å². The van der Waals surface area contributed by atoms with Gasteiger partial charge >= 0.3 is 0 Å². The highest BCUT2D eigenvalue weighted by atomic mass is 35.5. The van der Waals surface area contributed by atoms with Crippen molar-refractivity contribution < 1.29 is 4.74 Å². The molecule has 3 rings (SSSR count). The largest absolute Gasteiger partial charge is 0.457 e. The lowest BCUT2D eigenvalue weighted by Crippen LogP contribution is -2.12. The minimum atomic E-state index is 0. The van der Waals surface area contributed by atoms with E-state index in [0.717, 1.165) is 23.5 Å². The van der Waals surface area contributed by atoms with Crippen LogP contribution in [0.3, 0.4) is 0 Å². The van der Waals surface area contributed by atoms with E-state index in [1.807, 2.05) is 42.5 Å². The van der Waals surface area contributed by atoms with Gasteiger partial charge in [-0.15, -0.1) is 12.4 Å². The molecule has 0 saturated heterocycles. The molecule has 1 heterocycles. The monoisotopic (exact) mass is 247 g/mol. The number of fused-ring (bicyclic) bond motifs is 2. The zero-order chi connectivity index (χ0) is 11.0. The molecule has 1 unspecified atom stereocenters. The lowest BCUT2D eigenvalue weighted by atomic mass is 10.00. The first-order valence-corrected chi connectivity index (χ1v) is 5.45. The second-order valence-corrected chi connectivity index (χ2v) is 4.06. The molecule has 88 valence electrons. The number of rotatable bonds is 0. The maximum atomic E-state index is 6.18. The molecule has 0 spiro atoms. The number of benzene rings is 2. The van der Waals surface area contributed by atoms with Gasteiger partial charge in [-0.25, -0.2) is 0 Å². The van der Waals surface area contributed by atoms with Crippen LogP contribution >= 0.6 is 12.4 Å². The highest BCUT2D eigenvalue weighted by molar-refractivity contribution is 5.85. The first-order chi connectivity index (χ1) is 7.84. The summed E-state index contributed by atoms with van der Waals surface area (Å²) < 4.78 is 5.89. The summed E-state index contributed by atoms with van der Waals surface area (Å²) in [5.74, 6) is 1.79. The molecule has 0 amide bonds. The Morgan fingerprint density at radius 1 is 0.941 bits per heavy atom. The Morgan fingerprint density at radius 3 is 2.41 bits per heavy atom. The van der Waals surface area contributed by atoms with E-state index >= 15 is 0 Å². The standard InChI is InChI=1S/C14H13NO.ClH/c15-12-9-10-5-1-3-7-13(10)16-14-8-4-2-6-11(12)14;/h1-8,12H,9,15H2;1H. The van der Waals surface area contributed by atoms with Crippen molar-refractivity contribution in [1.29, 1.82) is 0 Å². The van der Waals surface area contributed by atoms with Crippen LogP contribution in [0.1, 0.15) is 17.2 Å². The molecule has 0 bridgehead atoms. The number of ether oxygens (including phenoxy) is 1. The summed E-state index contributed by atoms with van der Waals surface area (Å²) in [4.78, 5) is 0. The first-order valence-electron chi connectivity index (χ1n) is 5.45. The van der Waals surface area contributed by atoms with Gasteiger partial charge in [0.1, 0.15) is 11.5 Å². The second-order valence-electron chi connectivity index (χ2n) is 4.06. The molecular formula is C14H14ClNO. The molecule has 0 aliphatic carbocycles. The molecule has 1 atom stereocenters. The van der Waals surface area contributed by atoms with E-state index in [2.05, 4.69) is 6.07 Å². The van der Waals surface area contributed by atoms with Crippen LogP contribution in [0, 0.1) is 0 Å². The van der Waals surface area contributed by atoms with Crippen LogP contribution in [0.15, 0.2) is 48.5 Å². The Labute approximate surface area is 107 Å². The Hall–Kier alpha value is -1.51. The minimum absolute atomic E-state index is 0. The molecule has 2 aromatic rings. The predicted molar refractivity (Wildman–Crippen MR) is 70.8 cm³/mol. The fourth-order valence-corrected chi connectivity index (χ4v) is 2.12. The van der Waals surface area contributed by atoms with Gasteiger partial charge in [-0.05, 0) is 24.1 Å². The maximum Gasteiger partial charge on any atom is 0.132 e. The van der Waals surface area contributed by atoms with E-state index in [-0.39, 0.29) is 18.4 Å². The zero-order valence-electron chi connectivity index (χ0n) is 9.30. The molecule has 0 fully saturated rings. The SMILES string of the molecule is Cl.NC1Cc2ccccc2Oc2ccccc21. The zero-order valence-corrected chi connectivity index (χ0v) is 10.1. The Morgan fingerprint density at radius 2 is 1.59 bits per heavy atom. The molecule has 1 aliphatic heterocycles. The molecule has 2 aromatic carbocycles. The summed E-state index contributed by atoms with van der Waals surface area (Å²) in [6, 6.07) is 16.1. The Balaban J connectivity index is 0.00000108. The molecule has 2 N–H and O–H groups in total. The molecule has 17 heavy (non-hydrogen) atoms. The summed E-state index contributed by atoms with van der Waals surface area (Å²) in [7, 11) is 0. The van der Waals surface area contributed by atoms with Crippen LogP contribution in [0.2, 0.25) is 0 Å². The van der Waals surface area contributed by atoms with Gasteiger partial charge in [0, 0.05) is 11.6 Å². The summed E-state index contributed by atoms with van der Waals surface area (Å²) >= 11 is 0. The lowest BCUT2D eigenvalue weighted by molar-refractivity contribution is 0.478. The molecule has 0 saturated carbocycles. The maximum absolute atomic E-state index is 6.18. The van der Waals surface area contributed by atoms with Crippen molar-refractivity contribution in [2.24, 2.45) is 5.73 Å². The molecule has 2 nitrogen and oxygen atoms in total. The normalized spacial score (nSPS) is 16.9. The van der Waals surface area contributed by atoms with Crippen molar-refractivity contribution in [2.75, 3.05) is 0 Å². The van der Waals surface area contributed by atoms with Gasteiger partial charge in [0.15, 0.2) is 0 Å². The van der Waals surface area contributed by atoms with Crippen LogP contribution in [-0.2, 0) is 6.42 Å². The van der Waals surface area contributed by atoms with Crippen molar-refractivity contribution in [3.63, 3.8) is 0 Å². The van der Waals surface area contributed by atoms with Crippen LogP contribution in [0.25, 0.3) is 0 Å². The third-order valence-electron chi connectivity index (χ3n) is 2.95. The van der Waals surface area contributed by atoms with Crippen LogP contribution < -0.4 is 10.5 Å². The van der Waals surface area contributed by atoms with Gasteiger partial charge in [-0.3, -0.25) is 0 Å². The van der Waals surface area contributed by atoms with Gasteiger partial charge in [0.2, 0.25) is 0 Å². The van der Waals surface area contributed by atoms with Gasteiger partial charge in [0.05, 0.1) is 0 Å². The van der Waals surface area contributed by atoms with Gasteiger partial charge < -0.3 is 10.5 Å². The third-order valence-corrected chi connectivity index (χ3v) is 2.95. The average molecular weight is 248 g/mol. The summed E-state index contributed by atoms with van der Waals surface area (Å²) in [6.07, 6.45) is 0.827. The summed E-state index contributed by atoms with van der Waals surface area (Å²) in [5, 5.41) is 0. The lowest BCUT2D eigenvalue weighted by Gasteiger charge is -2.10. The Kier molecular flexibility index (Phi) is 3.36. The predicted octanol–water partition coefficient (Wildman–Crippen LogP) is 3.46.